The molecule has 0 saturated carbocycles. The Morgan fingerprint density at radius 3 is 2.55 bits per heavy atom. The maximum Gasteiger partial charge on any atom is 0.0909 e. The molecule has 2 saturated heterocycles. The molecule has 0 aromatic heterocycles. The molecular formula is C18H29N3O. The second kappa shape index (κ2) is 7.09. The van der Waals surface area contributed by atoms with Gasteiger partial charge in [0.15, 0.2) is 0 Å². The van der Waals surface area contributed by atoms with Crippen LogP contribution < -0.4 is 5.32 Å². The molecule has 0 bridgehead atoms. The SMILES string of the molecule is CN1CCC(O)(CNC2CCN(Cc3ccccc3)CC2)C1. The summed E-state index contributed by atoms with van der Waals surface area (Å²) in [5.74, 6) is 0. The molecule has 0 spiro atoms. The van der Waals surface area contributed by atoms with E-state index in [2.05, 4.69) is 52.5 Å². The van der Waals surface area contributed by atoms with Crippen molar-refractivity contribution in [2.24, 2.45) is 0 Å². The first-order valence-electron chi connectivity index (χ1n) is 8.54. The Hall–Kier alpha value is -0.940. The number of rotatable bonds is 5. The fourth-order valence-corrected chi connectivity index (χ4v) is 3.67. The number of hydrogen-bond donors (Lipinski definition) is 2. The number of nitrogens with one attached hydrogen (secondary N) is 1. The van der Waals surface area contributed by atoms with Crippen molar-refractivity contribution in [1.82, 2.24) is 15.1 Å². The van der Waals surface area contributed by atoms with Crippen LogP contribution in [0.1, 0.15) is 24.8 Å². The zero-order chi connectivity index (χ0) is 15.4. The van der Waals surface area contributed by atoms with Crippen LogP contribution in [-0.2, 0) is 6.54 Å². The summed E-state index contributed by atoms with van der Waals surface area (Å²) >= 11 is 0. The minimum Gasteiger partial charge on any atom is -0.387 e. The predicted octanol–water partition coefficient (Wildman–Crippen LogP) is 1.31. The lowest BCUT2D eigenvalue weighted by molar-refractivity contribution is 0.0455. The molecule has 2 heterocycles. The van der Waals surface area contributed by atoms with Crippen molar-refractivity contribution >= 4 is 0 Å². The number of hydrogen-bond acceptors (Lipinski definition) is 4. The summed E-state index contributed by atoms with van der Waals surface area (Å²) in [4.78, 5) is 4.75. The lowest BCUT2D eigenvalue weighted by Gasteiger charge is -2.34. The summed E-state index contributed by atoms with van der Waals surface area (Å²) in [6.07, 6.45) is 3.25. The van der Waals surface area contributed by atoms with Crippen LogP contribution in [0.5, 0.6) is 0 Å². The van der Waals surface area contributed by atoms with E-state index in [9.17, 15) is 5.11 Å². The fourth-order valence-electron chi connectivity index (χ4n) is 3.67. The van der Waals surface area contributed by atoms with Crippen molar-refractivity contribution in [3.05, 3.63) is 35.9 Å². The van der Waals surface area contributed by atoms with E-state index in [1.54, 1.807) is 0 Å². The molecule has 2 aliphatic rings. The van der Waals surface area contributed by atoms with Crippen LogP contribution in [0.2, 0.25) is 0 Å². The molecule has 2 fully saturated rings. The highest BCUT2D eigenvalue weighted by Crippen LogP contribution is 2.20. The maximum absolute atomic E-state index is 10.5. The van der Waals surface area contributed by atoms with Crippen molar-refractivity contribution in [1.29, 1.82) is 0 Å². The quantitative estimate of drug-likeness (QED) is 0.860. The minimum absolute atomic E-state index is 0.518. The van der Waals surface area contributed by atoms with Gasteiger partial charge in [-0.1, -0.05) is 30.3 Å². The minimum atomic E-state index is -0.518. The predicted molar refractivity (Wildman–Crippen MR) is 89.8 cm³/mol. The van der Waals surface area contributed by atoms with Gasteiger partial charge in [0.2, 0.25) is 0 Å². The van der Waals surface area contributed by atoms with Crippen LogP contribution in [0.25, 0.3) is 0 Å². The first kappa shape index (κ1) is 15.9. The zero-order valence-electron chi connectivity index (χ0n) is 13.7. The highest BCUT2D eigenvalue weighted by molar-refractivity contribution is 5.14. The van der Waals surface area contributed by atoms with Crippen LogP contribution >= 0.6 is 0 Å². The van der Waals surface area contributed by atoms with Gasteiger partial charge in [0.05, 0.1) is 5.60 Å². The van der Waals surface area contributed by atoms with E-state index in [0.717, 1.165) is 45.7 Å². The van der Waals surface area contributed by atoms with E-state index in [4.69, 9.17) is 0 Å². The molecular weight excluding hydrogens is 274 g/mol. The van der Waals surface area contributed by atoms with Crippen molar-refractivity contribution in [3.8, 4) is 0 Å². The lowest BCUT2D eigenvalue weighted by Crippen LogP contribution is -2.49. The number of nitrogens with zero attached hydrogens (tertiary/aromatic N) is 2. The first-order chi connectivity index (χ1) is 10.6. The largest absolute Gasteiger partial charge is 0.387 e. The number of likely N-dealkylation sites (N-methyl/N-ethyl adjacent to an activating group) is 1. The van der Waals surface area contributed by atoms with E-state index in [1.807, 2.05) is 0 Å². The summed E-state index contributed by atoms with van der Waals surface area (Å²) in [6.45, 7) is 5.89. The molecule has 3 rings (SSSR count). The summed E-state index contributed by atoms with van der Waals surface area (Å²) in [5, 5.41) is 14.1. The molecule has 0 radical (unpaired) electrons. The van der Waals surface area contributed by atoms with Gasteiger partial charge < -0.3 is 15.3 Å². The van der Waals surface area contributed by atoms with Gasteiger partial charge in [-0.2, -0.15) is 0 Å². The number of piperidine rings is 1. The van der Waals surface area contributed by atoms with Crippen LogP contribution in [0.3, 0.4) is 0 Å². The Morgan fingerprint density at radius 2 is 1.91 bits per heavy atom. The number of likely N-dealkylation sites (tertiary alicyclic amines) is 2. The third-order valence-electron chi connectivity index (χ3n) is 5.08. The Kier molecular flexibility index (Phi) is 5.14. The van der Waals surface area contributed by atoms with E-state index in [1.165, 1.54) is 18.4 Å². The normalized spacial score (nSPS) is 28.3. The van der Waals surface area contributed by atoms with Gasteiger partial charge in [0.1, 0.15) is 0 Å². The van der Waals surface area contributed by atoms with Crippen molar-refractivity contribution < 1.29 is 5.11 Å². The molecule has 0 aliphatic carbocycles. The summed E-state index contributed by atoms with van der Waals surface area (Å²) in [6, 6.07) is 11.3. The zero-order valence-corrected chi connectivity index (χ0v) is 13.7. The Labute approximate surface area is 134 Å². The summed E-state index contributed by atoms with van der Waals surface area (Å²) in [5.41, 5.74) is 0.882. The van der Waals surface area contributed by atoms with Gasteiger partial charge in [-0.05, 0) is 45.0 Å². The highest BCUT2D eigenvalue weighted by Gasteiger charge is 2.34. The number of benzene rings is 1. The monoisotopic (exact) mass is 303 g/mol. The van der Waals surface area contributed by atoms with E-state index in [0.29, 0.717) is 6.04 Å². The van der Waals surface area contributed by atoms with Gasteiger partial charge in [-0.25, -0.2) is 0 Å². The molecule has 4 nitrogen and oxygen atoms in total. The van der Waals surface area contributed by atoms with Crippen LogP contribution in [0, 0.1) is 0 Å². The molecule has 2 aliphatic heterocycles. The van der Waals surface area contributed by atoms with Crippen LogP contribution in [0.15, 0.2) is 30.3 Å². The van der Waals surface area contributed by atoms with E-state index in [-0.39, 0.29) is 0 Å². The summed E-state index contributed by atoms with van der Waals surface area (Å²) < 4.78 is 0. The molecule has 2 N–H and O–H groups in total. The average molecular weight is 303 g/mol. The second-order valence-corrected chi connectivity index (χ2v) is 7.13. The smallest absolute Gasteiger partial charge is 0.0909 e. The molecule has 4 heteroatoms. The maximum atomic E-state index is 10.5. The number of β-amino-alcohol motifs (C(OH)–C–C–N with tert-alkyl or cyclic N) is 1. The van der Waals surface area contributed by atoms with Crippen molar-refractivity contribution in [2.75, 3.05) is 39.8 Å². The molecule has 1 unspecified atom stereocenters. The average Bonchev–Trinajstić information content (AvgIpc) is 2.88. The third-order valence-corrected chi connectivity index (χ3v) is 5.08. The third kappa shape index (κ3) is 4.29. The van der Waals surface area contributed by atoms with Crippen LogP contribution in [-0.4, -0.2) is 66.3 Å². The first-order valence-corrected chi connectivity index (χ1v) is 8.54. The van der Waals surface area contributed by atoms with Crippen molar-refractivity contribution in [2.45, 2.75) is 37.5 Å². The Balaban J connectivity index is 1.39. The topological polar surface area (TPSA) is 38.7 Å². The summed E-state index contributed by atoms with van der Waals surface area (Å²) in [7, 11) is 2.08. The Morgan fingerprint density at radius 1 is 1.18 bits per heavy atom. The Bertz CT molecular complexity index is 459. The van der Waals surface area contributed by atoms with Crippen molar-refractivity contribution in [3.63, 3.8) is 0 Å². The molecule has 1 aromatic rings. The lowest BCUT2D eigenvalue weighted by atomic mass is 10.00. The van der Waals surface area contributed by atoms with Gasteiger partial charge in [0.25, 0.3) is 0 Å². The fraction of sp³-hybridized carbons (Fsp3) is 0.667. The van der Waals surface area contributed by atoms with Gasteiger partial charge in [-0.15, -0.1) is 0 Å². The molecule has 1 aromatic carbocycles. The second-order valence-electron chi connectivity index (χ2n) is 7.13. The van der Waals surface area contributed by atoms with Gasteiger partial charge in [0, 0.05) is 32.2 Å². The molecule has 122 valence electrons. The molecule has 1 atom stereocenters. The van der Waals surface area contributed by atoms with Gasteiger partial charge in [-0.3, -0.25) is 4.90 Å². The molecule has 22 heavy (non-hydrogen) atoms. The van der Waals surface area contributed by atoms with Gasteiger partial charge >= 0.3 is 0 Å². The van der Waals surface area contributed by atoms with E-state index < -0.39 is 5.60 Å². The standard InChI is InChI=1S/C18H29N3O/c1-20-12-9-18(22,15-20)14-19-17-7-10-21(11-8-17)13-16-5-3-2-4-6-16/h2-6,17,19,22H,7-15H2,1H3. The van der Waals surface area contributed by atoms with E-state index >= 15 is 0 Å². The highest BCUT2D eigenvalue weighted by atomic mass is 16.3. The molecule has 0 amide bonds. The van der Waals surface area contributed by atoms with Crippen LogP contribution in [0.4, 0.5) is 0 Å². The number of aliphatic hydroxyl groups is 1.